The minimum absolute atomic E-state index is 0.125. The summed E-state index contributed by atoms with van der Waals surface area (Å²) in [6, 6.07) is 8.93. The van der Waals surface area contributed by atoms with Crippen molar-refractivity contribution in [2.45, 2.75) is 121 Å². The Morgan fingerprint density at radius 3 is 2.41 bits per heavy atom. The van der Waals surface area contributed by atoms with E-state index in [0.29, 0.717) is 36.0 Å². The number of hydrogen-bond donors (Lipinski definition) is 3. The first-order valence-corrected chi connectivity index (χ1v) is 16.6. The molecule has 7 heteroatoms. The van der Waals surface area contributed by atoms with E-state index in [2.05, 4.69) is 29.0 Å². The Kier molecular flexibility index (Phi) is 8.54. The van der Waals surface area contributed by atoms with Gasteiger partial charge in [0.25, 0.3) is 0 Å². The largest absolute Gasteiger partial charge is 0.481 e. The molecule has 7 nitrogen and oxygen atoms in total. The predicted molar refractivity (Wildman–Crippen MR) is 162 cm³/mol. The van der Waals surface area contributed by atoms with Crippen molar-refractivity contribution in [2.75, 3.05) is 16.8 Å². The van der Waals surface area contributed by atoms with Crippen molar-refractivity contribution in [3.63, 3.8) is 0 Å². The van der Waals surface area contributed by atoms with Gasteiger partial charge in [-0.05, 0) is 99.5 Å². The van der Waals surface area contributed by atoms with Crippen molar-refractivity contribution < 1.29 is 19.8 Å². The average molecular weight is 566 g/mol. The van der Waals surface area contributed by atoms with Gasteiger partial charge in [0.15, 0.2) is 0 Å². The summed E-state index contributed by atoms with van der Waals surface area (Å²) in [6.45, 7) is 6.10. The molecule has 4 bridgehead atoms. The first-order chi connectivity index (χ1) is 19.8. The number of anilines is 2. The third kappa shape index (κ3) is 5.98. The van der Waals surface area contributed by atoms with Crippen LogP contribution in [0.4, 0.5) is 16.2 Å². The fourth-order valence-electron chi connectivity index (χ4n) is 9.96. The lowest BCUT2D eigenvalue weighted by Crippen LogP contribution is -2.54. The quantitative estimate of drug-likeness (QED) is 0.335. The number of amides is 1. The zero-order chi connectivity index (χ0) is 28.7. The van der Waals surface area contributed by atoms with Crippen molar-refractivity contribution in [3.8, 4) is 0 Å². The van der Waals surface area contributed by atoms with Gasteiger partial charge in [0.1, 0.15) is 0 Å². The van der Waals surface area contributed by atoms with Crippen molar-refractivity contribution in [3.05, 3.63) is 24.3 Å². The van der Waals surface area contributed by atoms with E-state index in [0.717, 1.165) is 55.5 Å². The number of carboxylic acid groups (broad SMARTS) is 2. The third-order valence-electron chi connectivity index (χ3n) is 12.0. The molecule has 0 aromatic heterocycles. The molecular weight excluding hydrogens is 514 g/mol. The van der Waals surface area contributed by atoms with Crippen molar-refractivity contribution in [1.29, 1.82) is 0 Å². The number of benzene rings is 1. The van der Waals surface area contributed by atoms with Gasteiger partial charge in [-0.15, -0.1) is 0 Å². The minimum Gasteiger partial charge on any atom is -0.481 e. The molecule has 1 aromatic rings. The lowest BCUT2D eigenvalue weighted by molar-refractivity contribution is -0.143. The van der Waals surface area contributed by atoms with Gasteiger partial charge < -0.3 is 15.1 Å². The number of hydrogen-bond acceptors (Lipinski definition) is 4. The highest BCUT2D eigenvalue weighted by Crippen LogP contribution is 2.48. The second-order valence-electron chi connectivity index (χ2n) is 14.5. The van der Waals surface area contributed by atoms with Crippen LogP contribution in [0.15, 0.2) is 24.3 Å². The maximum Gasteiger partial charge on any atom is 0.409 e. The number of carboxylic acids is 1. The number of carbonyl (C=O) groups is 2. The maximum absolute atomic E-state index is 12.6. The molecule has 10 unspecified atom stereocenters. The van der Waals surface area contributed by atoms with Gasteiger partial charge >= 0.3 is 12.1 Å². The molecule has 2 saturated heterocycles. The number of aliphatic carboxylic acids is 1. The Hall–Kier alpha value is -2.28. The molecular formula is C34H51N3O4. The summed E-state index contributed by atoms with van der Waals surface area (Å²) < 4.78 is 0. The first-order valence-electron chi connectivity index (χ1n) is 16.6. The normalized spacial score (nSPS) is 39.4. The van der Waals surface area contributed by atoms with E-state index in [-0.39, 0.29) is 12.1 Å². The third-order valence-corrected chi connectivity index (χ3v) is 12.0. The summed E-state index contributed by atoms with van der Waals surface area (Å²) in [5.41, 5.74) is 1.43. The molecule has 0 radical (unpaired) electrons. The van der Waals surface area contributed by atoms with Crippen LogP contribution in [0, 0.1) is 35.5 Å². The van der Waals surface area contributed by atoms with Crippen LogP contribution in [-0.4, -0.2) is 57.9 Å². The van der Waals surface area contributed by atoms with E-state index in [1.807, 2.05) is 24.3 Å². The van der Waals surface area contributed by atoms with E-state index in [1.54, 1.807) is 0 Å². The molecule has 3 N–H and O–H groups in total. The molecule has 3 saturated carbocycles. The number of rotatable bonds is 6. The predicted octanol–water partition coefficient (Wildman–Crippen LogP) is 7.32. The van der Waals surface area contributed by atoms with Crippen molar-refractivity contribution in [1.82, 2.24) is 4.90 Å². The molecule has 10 atom stereocenters. The van der Waals surface area contributed by atoms with Crippen LogP contribution in [0.25, 0.3) is 0 Å². The van der Waals surface area contributed by atoms with Gasteiger partial charge in [-0.3, -0.25) is 15.0 Å². The Labute approximate surface area is 246 Å². The summed E-state index contributed by atoms with van der Waals surface area (Å²) in [4.78, 5) is 29.8. The SMILES string of the molecule is CC1CCC2CC1CC(N1CC3CCC(C)C1CC(N(c1ccccc1NC(=O)O)C1CCCCC1C(=O)O)C3)C2. The fourth-order valence-corrected chi connectivity index (χ4v) is 9.96. The maximum atomic E-state index is 12.6. The molecule has 1 aromatic carbocycles. The zero-order valence-corrected chi connectivity index (χ0v) is 25.1. The Morgan fingerprint density at radius 1 is 0.854 bits per heavy atom. The highest BCUT2D eigenvalue weighted by molar-refractivity contribution is 5.89. The van der Waals surface area contributed by atoms with Crippen LogP contribution in [0.3, 0.4) is 0 Å². The molecule has 2 heterocycles. The molecule has 3 aliphatic carbocycles. The van der Waals surface area contributed by atoms with Gasteiger partial charge in [0.05, 0.1) is 17.3 Å². The Balaban J connectivity index is 1.36. The summed E-state index contributed by atoms with van der Waals surface area (Å²) >= 11 is 0. The molecule has 5 fully saturated rings. The number of nitrogens with zero attached hydrogens (tertiary/aromatic N) is 2. The summed E-state index contributed by atoms with van der Waals surface area (Å²) in [5, 5.41) is 22.7. The van der Waals surface area contributed by atoms with Crippen LogP contribution < -0.4 is 10.2 Å². The minimum atomic E-state index is -1.08. The van der Waals surface area contributed by atoms with Crippen LogP contribution in [0.1, 0.15) is 97.3 Å². The molecule has 226 valence electrons. The molecule has 2 aliphatic heterocycles. The number of fused-ring (bicyclic) bond motifs is 5. The van der Waals surface area contributed by atoms with Gasteiger partial charge in [-0.2, -0.15) is 0 Å². The smallest absolute Gasteiger partial charge is 0.409 e. The molecule has 6 rings (SSSR count). The fraction of sp³-hybridized carbons (Fsp3) is 0.765. The van der Waals surface area contributed by atoms with E-state index in [9.17, 15) is 19.8 Å². The van der Waals surface area contributed by atoms with Gasteiger partial charge in [-0.25, -0.2) is 4.79 Å². The second-order valence-corrected chi connectivity index (χ2v) is 14.5. The highest BCUT2D eigenvalue weighted by atomic mass is 16.4. The van der Waals surface area contributed by atoms with Crippen LogP contribution >= 0.6 is 0 Å². The molecule has 5 aliphatic rings. The standard InChI is InChI=1S/C34H51N3O4/c1-21-11-13-23-15-25(21)18-26(16-23)36-20-24-14-12-22(2)32(36)19-27(17-24)37(30-9-5-3-7-28(30)33(38)39)31-10-6-4-8-29(31)35-34(40)41/h4,6,8,10,21-28,30,32,35H,3,5,7,9,11-20H2,1-2H3,(H,38,39)(H,40,41). The second kappa shape index (κ2) is 12.1. The van der Waals surface area contributed by atoms with Gasteiger partial charge in [0, 0.05) is 30.7 Å². The van der Waals surface area contributed by atoms with Crippen molar-refractivity contribution >= 4 is 23.4 Å². The lowest BCUT2D eigenvalue weighted by Gasteiger charge is -2.50. The average Bonchev–Trinajstić information content (AvgIpc) is 3.23. The van der Waals surface area contributed by atoms with Crippen LogP contribution in [0.2, 0.25) is 0 Å². The topological polar surface area (TPSA) is 93.1 Å². The Morgan fingerprint density at radius 2 is 1.61 bits per heavy atom. The van der Waals surface area contributed by atoms with E-state index < -0.39 is 18.0 Å². The van der Waals surface area contributed by atoms with Crippen LogP contribution in [-0.2, 0) is 4.79 Å². The lowest BCUT2D eigenvalue weighted by atomic mass is 9.65. The van der Waals surface area contributed by atoms with Gasteiger partial charge in [0.2, 0.25) is 0 Å². The van der Waals surface area contributed by atoms with E-state index >= 15 is 0 Å². The summed E-state index contributed by atoms with van der Waals surface area (Å²) in [6.07, 6.45) is 13.9. The summed E-state index contributed by atoms with van der Waals surface area (Å²) in [5.74, 6) is 2.64. The molecule has 1 amide bonds. The van der Waals surface area contributed by atoms with Crippen LogP contribution in [0.5, 0.6) is 0 Å². The number of nitrogens with one attached hydrogen (secondary N) is 1. The Bertz CT molecular complexity index is 1100. The number of para-hydroxylation sites is 2. The van der Waals surface area contributed by atoms with E-state index in [4.69, 9.17) is 0 Å². The zero-order valence-electron chi connectivity index (χ0n) is 25.1. The van der Waals surface area contributed by atoms with E-state index in [1.165, 1.54) is 51.5 Å². The monoisotopic (exact) mass is 565 g/mol. The van der Waals surface area contributed by atoms with Gasteiger partial charge in [-0.1, -0.05) is 51.7 Å². The summed E-state index contributed by atoms with van der Waals surface area (Å²) in [7, 11) is 0. The first kappa shape index (κ1) is 28.8. The molecule has 41 heavy (non-hydrogen) atoms. The highest BCUT2D eigenvalue weighted by Gasteiger charge is 2.47. The molecule has 0 spiro atoms. The van der Waals surface area contributed by atoms with Crippen molar-refractivity contribution in [2.24, 2.45) is 35.5 Å².